The van der Waals surface area contributed by atoms with E-state index in [2.05, 4.69) is 20.4 Å². The number of carbonyl (C=O) groups is 1. The molecule has 0 aliphatic carbocycles. The number of ether oxygens (including phenoxy) is 2. The number of amides is 2. The fourth-order valence-corrected chi connectivity index (χ4v) is 3.39. The highest BCUT2D eigenvalue weighted by Gasteiger charge is 2.32. The first-order valence-electron chi connectivity index (χ1n) is 9.43. The number of anilines is 1. The molecule has 5 rings (SSSR count). The maximum absolute atomic E-state index is 12.4. The second-order valence-electron chi connectivity index (χ2n) is 7.02. The topological polar surface area (TPSA) is 103 Å². The molecule has 0 radical (unpaired) electrons. The molecule has 0 unspecified atom stereocenters. The summed E-state index contributed by atoms with van der Waals surface area (Å²) in [6.07, 6.45) is 4.03. The van der Waals surface area contributed by atoms with Gasteiger partial charge in [-0.3, -0.25) is 4.98 Å². The molecule has 29 heavy (non-hydrogen) atoms. The molecule has 9 nitrogen and oxygen atoms in total. The lowest BCUT2D eigenvalue weighted by molar-refractivity contribution is 0.125. The summed E-state index contributed by atoms with van der Waals surface area (Å²) in [6.45, 7) is 2.33. The minimum atomic E-state index is -0.139. The maximum Gasteiger partial charge on any atom is 0.321 e. The van der Waals surface area contributed by atoms with Gasteiger partial charge in [-0.2, -0.15) is 4.98 Å². The normalized spacial score (nSPS) is 15.7. The van der Waals surface area contributed by atoms with Crippen molar-refractivity contribution in [3.63, 3.8) is 0 Å². The molecule has 9 heteroatoms. The van der Waals surface area contributed by atoms with E-state index in [9.17, 15) is 4.79 Å². The van der Waals surface area contributed by atoms with Crippen LogP contribution in [0.3, 0.4) is 0 Å². The van der Waals surface area contributed by atoms with Crippen LogP contribution in [0.1, 0.15) is 5.89 Å². The van der Waals surface area contributed by atoms with Gasteiger partial charge in [0, 0.05) is 55.1 Å². The highest BCUT2D eigenvalue weighted by atomic mass is 16.6. The zero-order valence-electron chi connectivity index (χ0n) is 15.6. The van der Waals surface area contributed by atoms with Gasteiger partial charge in [-0.25, -0.2) is 4.79 Å². The summed E-state index contributed by atoms with van der Waals surface area (Å²) in [5, 5.41) is 6.90. The lowest BCUT2D eigenvalue weighted by atomic mass is 9.97. The summed E-state index contributed by atoms with van der Waals surface area (Å²) in [5.41, 5.74) is 1.50. The fourth-order valence-electron chi connectivity index (χ4n) is 3.39. The molecule has 2 aliphatic heterocycles. The van der Waals surface area contributed by atoms with Gasteiger partial charge in [0.05, 0.1) is 0 Å². The Morgan fingerprint density at radius 3 is 2.86 bits per heavy atom. The first-order chi connectivity index (χ1) is 14.2. The van der Waals surface area contributed by atoms with Gasteiger partial charge in [0.2, 0.25) is 11.7 Å². The molecule has 1 aromatic carbocycles. The van der Waals surface area contributed by atoms with Crippen molar-refractivity contribution in [3.8, 4) is 22.9 Å². The van der Waals surface area contributed by atoms with Crippen molar-refractivity contribution in [2.45, 2.75) is 6.42 Å². The molecular weight excluding hydrogens is 374 g/mol. The zero-order valence-corrected chi connectivity index (χ0v) is 15.6. The number of aromatic nitrogens is 3. The second-order valence-corrected chi connectivity index (χ2v) is 7.02. The van der Waals surface area contributed by atoms with E-state index < -0.39 is 0 Å². The third-order valence-corrected chi connectivity index (χ3v) is 4.89. The van der Waals surface area contributed by atoms with Crippen LogP contribution < -0.4 is 14.8 Å². The molecule has 1 fully saturated rings. The van der Waals surface area contributed by atoms with Crippen molar-refractivity contribution in [1.82, 2.24) is 20.0 Å². The zero-order chi connectivity index (χ0) is 19.6. The van der Waals surface area contributed by atoms with Crippen LogP contribution in [-0.2, 0) is 6.42 Å². The number of urea groups is 1. The molecule has 2 aliphatic rings. The number of hydrogen-bond acceptors (Lipinski definition) is 7. The predicted octanol–water partition coefficient (Wildman–Crippen LogP) is 2.61. The van der Waals surface area contributed by atoms with Gasteiger partial charge in [-0.15, -0.1) is 0 Å². The van der Waals surface area contributed by atoms with E-state index in [1.807, 2.05) is 12.1 Å². The van der Waals surface area contributed by atoms with Crippen LogP contribution in [0, 0.1) is 5.92 Å². The quantitative estimate of drug-likeness (QED) is 0.727. The summed E-state index contributed by atoms with van der Waals surface area (Å²) < 4.78 is 16.4. The van der Waals surface area contributed by atoms with Crippen LogP contribution in [0.2, 0.25) is 0 Å². The molecule has 0 atom stereocenters. The molecule has 4 heterocycles. The number of hydrogen-bond donors (Lipinski definition) is 1. The first-order valence-corrected chi connectivity index (χ1v) is 9.43. The van der Waals surface area contributed by atoms with Crippen LogP contribution in [0.25, 0.3) is 11.4 Å². The van der Waals surface area contributed by atoms with Crippen LogP contribution in [0.15, 0.2) is 47.2 Å². The van der Waals surface area contributed by atoms with Crippen molar-refractivity contribution in [2.24, 2.45) is 5.92 Å². The summed E-state index contributed by atoms with van der Waals surface area (Å²) in [7, 11) is 0. The molecule has 148 valence electrons. The van der Waals surface area contributed by atoms with Gasteiger partial charge in [0.1, 0.15) is 13.2 Å². The molecule has 1 N–H and O–H groups in total. The van der Waals surface area contributed by atoms with Gasteiger partial charge < -0.3 is 24.2 Å². The van der Waals surface area contributed by atoms with E-state index in [1.165, 1.54) is 0 Å². The van der Waals surface area contributed by atoms with Crippen LogP contribution in [0.5, 0.6) is 11.5 Å². The fraction of sp³-hybridized carbons (Fsp3) is 0.300. The first kappa shape index (κ1) is 17.5. The van der Waals surface area contributed by atoms with E-state index in [0.29, 0.717) is 67.5 Å². The number of fused-ring (bicyclic) bond motifs is 1. The smallest absolute Gasteiger partial charge is 0.321 e. The average molecular weight is 393 g/mol. The maximum atomic E-state index is 12.4. The molecule has 2 aromatic heterocycles. The minimum Gasteiger partial charge on any atom is -0.486 e. The Balaban J connectivity index is 1.13. The predicted molar refractivity (Wildman–Crippen MR) is 103 cm³/mol. The average Bonchev–Trinajstić information content (AvgIpc) is 3.19. The molecule has 0 spiro atoms. The van der Waals surface area contributed by atoms with Crippen LogP contribution in [0.4, 0.5) is 10.5 Å². The Hall–Kier alpha value is -3.62. The highest BCUT2D eigenvalue weighted by Crippen LogP contribution is 2.33. The number of nitrogens with zero attached hydrogens (tertiary/aromatic N) is 4. The number of rotatable bonds is 4. The van der Waals surface area contributed by atoms with Gasteiger partial charge in [-0.1, -0.05) is 5.16 Å². The SMILES string of the molecule is O=C(Nc1ccc2c(c1)OCCO2)N1CC(Cc2nc(-c3cccnc3)no2)C1. The van der Waals surface area contributed by atoms with Gasteiger partial charge >= 0.3 is 6.03 Å². The Morgan fingerprint density at radius 1 is 1.17 bits per heavy atom. The van der Waals surface area contributed by atoms with E-state index in [1.54, 1.807) is 35.5 Å². The van der Waals surface area contributed by atoms with E-state index >= 15 is 0 Å². The lowest BCUT2D eigenvalue weighted by Gasteiger charge is -2.38. The molecule has 2 amide bonds. The number of nitrogens with one attached hydrogen (secondary N) is 1. The Labute approximate surface area is 166 Å². The van der Waals surface area contributed by atoms with Gasteiger partial charge in [0.15, 0.2) is 11.5 Å². The summed E-state index contributed by atoms with van der Waals surface area (Å²) in [6, 6.07) is 8.96. The van der Waals surface area contributed by atoms with Crippen molar-refractivity contribution in [2.75, 3.05) is 31.6 Å². The van der Waals surface area contributed by atoms with Crippen molar-refractivity contribution < 1.29 is 18.8 Å². The van der Waals surface area contributed by atoms with E-state index in [4.69, 9.17) is 14.0 Å². The largest absolute Gasteiger partial charge is 0.486 e. The number of likely N-dealkylation sites (tertiary alicyclic amines) is 1. The van der Waals surface area contributed by atoms with Gasteiger partial charge in [-0.05, 0) is 24.3 Å². The van der Waals surface area contributed by atoms with E-state index in [0.717, 1.165) is 5.56 Å². The van der Waals surface area contributed by atoms with Crippen LogP contribution >= 0.6 is 0 Å². The molecule has 3 aromatic rings. The monoisotopic (exact) mass is 393 g/mol. The Kier molecular flexibility index (Phi) is 4.47. The van der Waals surface area contributed by atoms with Crippen molar-refractivity contribution in [1.29, 1.82) is 0 Å². The Morgan fingerprint density at radius 2 is 2.03 bits per heavy atom. The van der Waals surface area contributed by atoms with E-state index in [-0.39, 0.29) is 6.03 Å². The number of pyridine rings is 1. The molecule has 0 saturated carbocycles. The third kappa shape index (κ3) is 3.71. The van der Waals surface area contributed by atoms with Gasteiger partial charge in [0.25, 0.3) is 0 Å². The molecule has 1 saturated heterocycles. The molecular formula is C20H19N5O4. The van der Waals surface area contributed by atoms with Crippen molar-refractivity contribution in [3.05, 3.63) is 48.6 Å². The summed E-state index contributed by atoms with van der Waals surface area (Å²) in [5.74, 6) is 2.74. The lowest BCUT2D eigenvalue weighted by Crippen LogP contribution is -2.52. The number of benzene rings is 1. The summed E-state index contributed by atoms with van der Waals surface area (Å²) in [4.78, 5) is 22.7. The second kappa shape index (κ2) is 7.42. The van der Waals surface area contributed by atoms with Crippen molar-refractivity contribution >= 4 is 11.7 Å². The standard InChI is InChI=1S/C20H19N5O4/c26-20(22-15-3-4-16-17(9-15)28-7-6-27-16)25-11-13(12-25)8-18-23-19(24-29-18)14-2-1-5-21-10-14/h1-5,9-10,13H,6-8,11-12H2,(H,22,26). The molecule has 0 bridgehead atoms. The van der Waals surface area contributed by atoms with Crippen LogP contribution in [-0.4, -0.2) is 52.4 Å². The highest BCUT2D eigenvalue weighted by molar-refractivity contribution is 5.90. The Bertz CT molecular complexity index is 1020. The summed E-state index contributed by atoms with van der Waals surface area (Å²) >= 11 is 0. The number of carbonyl (C=O) groups excluding carboxylic acids is 1. The third-order valence-electron chi connectivity index (χ3n) is 4.89. The minimum absolute atomic E-state index is 0.139.